The van der Waals surface area contributed by atoms with Gasteiger partial charge in [-0.3, -0.25) is 0 Å². The molecule has 0 unspecified atom stereocenters. The van der Waals surface area contributed by atoms with Gasteiger partial charge in [-0.1, -0.05) is 164 Å². The van der Waals surface area contributed by atoms with Gasteiger partial charge in [-0.25, -0.2) is 19.9 Å². The van der Waals surface area contributed by atoms with Gasteiger partial charge in [0.2, 0.25) is 0 Å². The first kappa shape index (κ1) is 32.2. The minimum atomic E-state index is 0.501. The van der Waals surface area contributed by atoms with Crippen LogP contribution in [0.15, 0.2) is 199 Å². The third kappa shape index (κ3) is 6.04. The van der Waals surface area contributed by atoms with Crippen molar-refractivity contribution in [3.8, 4) is 78.9 Å². The first-order valence-electron chi connectivity index (χ1n) is 18.3. The molecule has 10 rings (SSSR count). The molecular formula is C50H32N4O. The van der Waals surface area contributed by atoms with Crippen LogP contribution in [0, 0.1) is 0 Å². The Balaban J connectivity index is 1.23. The predicted octanol–water partition coefficient (Wildman–Crippen LogP) is 12.8. The summed E-state index contributed by atoms with van der Waals surface area (Å²) in [7, 11) is 0. The van der Waals surface area contributed by atoms with E-state index < -0.39 is 0 Å². The summed E-state index contributed by atoms with van der Waals surface area (Å²) in [5.74, 6) is 1.68. The molecule has 0 aliphatic heterocycles. The number of fused-ring (bicyclic) bond motifs is 3. The van der Waals surface area contributed by atoms with E-state index in [1.807, 2.05) is 84.9 Å². The standard InChI is InChI=1S/C50H32N4O/c1-6-17-33(18-7-1)38-31-41(35-21-10-3-11-22-35)46-42(32-38)45-40(30-29-39(47(45)55-46)34-19-8-2-9-20-34)43-27-16-28-44(51-43)50-53-48(36-23-12-4-13-24-36)52-49(54-50)37-25-14-5-15-26-37/h1-32H. The highest BCUT2D eigenvalue weighted by atomic mass is 16.3. The number of aromatic nitrogens is 4. The largest absolute Gasteiger partial charge is 0.455 e. The van der Waals surface area contributed by atoms with E-state index >= 15 is 0 Å². The number of benzene rings is 7. The number of rotatable bonds is 7. The number of furan rings is 1. The van der Waals surface area contributed by atoms with Gasteiger partial charge >= 0.3 is 0 Å². The average Bonchev–Trinajstić information content (AvgIpc) is 3.67. The molecule has 0 N–H and O–H groups in total. The van der Waals surface area contributed by atoms with Crippen LogP contribution in [0.5, 0.6) is 0 Å². The maximum absolute atomic E-state index is 7.06. The topological polar surface area (TPSA) is 64.7 Å². The molecule has 0 amide bonds. The van der Waals surface area contributed by atoms with Crippen molar-refractivity contribution in [1.82, 2.24) is 19.9 Å². The summed E-state index contributed by atoms with van der Waals surface area (Å²) in [4.78, 5) is 20.1. The zero-order chi connectivity index (χ0) is 36.6. The number of pyridine rings is 1. The van der Waals surface area contributed by atoms with Crippen molar-refractivity contribution in [3.63, 3.8) is 0 Å². The van der Waals surface area contributed by atoms with E-state index in [0.717, 1.165) is 77.7 Å². The first-order valence-corrected chi connectivity index (χ1v) is 18.3. The van der Waals surface area contributed by atoms with E-state index in [0.29, 0.717) is 23.2 Å². The molecule has 0 saturated heterocycles. The Labute approximate surface area is 318 Å². The van der Waals surface area contributed by atoms with Gasteiger partial charge < -0.3 is 4.42 Å². The predicted molar refractivity (Wildman–Crippen MR) is 223 cm³/mol. The molecule has 10 aromatic rings. The Bertz CT molecular complexity index is 2890. The fourth-order valence-electron chi connectivity index (χ4n) is 7.30. The molecule has 5 heteroatoms. The molecule has 0 radical (unpaired) electrons. The molecule has 0 bridgehead atoms. The van der Waals surface area contributed by atoms with Gasteiger partial charge in [0, 0.05) is 38.6 Å². The van der Waals surface area contributed by atoms with Crippen LogP contribution in [0.4, 0.5) is 0 Å². The second-order valence-corrected chi connectivity index (χ2v) is 13.4. The highest BCUT2D eigenvalue weighted by Crippen LogP contribution is 2.46. The molecule has 5 nitrogen and oxygen atoms in total. The molecule has 3 aromatic heterocycles. The van der Waals surface area contributed by atoms with Gasteiger partial charge in [-0.2, -0.15) is 0 Å². The summed E-state index contributed by atoms with van der Waals surface area (Å²) in [5, 5.41) is 2.02. The molecule has 0 spiro atoms. The van der Waals surface area contributed by atoms with Crippen molar-refractivity contribution in [1.29, 1.82) is 0 Å². The van der Waals surface area contributed by atoms with E-state index in [4.69, 9.17) is 24.4 Å². The third-order valence-corrected chi connectivity index (χ3v) is 9.95. The van der Waals surface area contributed by atoms with Crippen molar-refractivity contribution in [2.75, 3.05) is 0 Å². The van der Waals surface area contributed by atoms with Crippen LogP contribution in [-0.4, -0.2) is 19.9 Å². The van der Waals surface area contributed by atoms with Crippen LogP contribution in [0.3, 0.4) is 0 Å². The lowest BCUT2D eigenvalue weighted by Gasteiger charge is -2.11. The minimum Gasteiger partial charge on any atom is -0.455 e. The maximum atomic E-state index is 7.06. The van der Waals surface area contributed by atoms with Gasteiger partial charge in [0.05, 0.1) is 5.69 Å². The van der Waals surface area contributed by atoms with Gasteiger partial charge in [0.25, 0.3) is 0 Å². The first-order chi connectivity index (χ1) is 27.3. The molecule has 7 aromatic carbocycles. The van der Waals surface area contributed by atoms with Crippen LogP contribution in [-0.2, 0) is 0 Å². The van der Waals surface area contributed by atoms with Crippen LogP contribution >= 0.6 is 0 Å². The monoisotopic (exact) mass is 704 g/mol. The van der Waals surface area contributed by atoms with E-state index in [1.54, 1.807) is 0 Å². The highest BCUT2D eigenvalue weighted by Gasteiger charge is 2.22. The summed E-state index contributed by atoms with van der Waals surface area (Å²) < 4.78 is 7.06. The highest BCUT2D eigenvalue weighted by molar-refractivity contribution is 6.19. The summed E-state index contributed by atoms with van der Waals surface area (Å²) >= 11 is 0. The van der Waals surface area contributed by atoms with Gasteiger partial charge in [-0.05, 0) is 52.6 Å². The Morgan fingerprint density at radius 2 is 0.764 bits per heavy atom. The lowest BCUT2D eigenvalue weighted by atomic mass is 9.93. The molecule has 55 heavy (non-hydrogen) atoms. The van der Waals surface area contributed by atoms with Gasteiger partial charge in [0.1, 0.15) is 16.9 Å². The molecule has 0 aliphatic rings. The summed E-state index contributed by atoms with van der Waals surface area (Å²) in [6, 6.07) is 66.3. The average molecular weight is 705 g/mol. The van der Waals surface area contributed by atoms with Crippen molar-refractivity contribution in [3.05, 3.63) is 194 Å². The van der Waals surface area contributed by atoms with Crippen molar-refractivity contribution < 1.29 is 4.42 Å². The normalized spacial score (nSPS) is 11.3. The number of nitrogens with zero attached hydrogens (tertiary/aromatic N) is 4. The molecule has 0 fully saturated rings. The summed E-state index contributed by atoms with van der Waals surface area (Å²) in [6.07, 6.45) is 0. The van der Waals surface area contributed by atoms with E-state index in [-0.39, 0.29) is 0 Å². The third-order valence-electron chi connectivity index (χ3n) is 9.95. The summed E-state index contributed by atoms with van der Waals surface area (Å²) in [6.45, 7) is 0. The van der Waals surface area contributed by atoms with Crippen molar-refractivity contribution in [2.24, 2.45) is 0 Å². The molecule has 3 heterocycles. The molecule has 0 saturated carbocycles. The second-order valence-electron chi connectivity index (χ2n) is 13.4. The van der Waals surface area contributed by atoms with Gasteiger partial charge in [-0.15, -0.1) is 0 Å². The second kappa shape index (κ2) is 13.8. The van der Waals surface area contributed by atoms with Gasteiger partial charge in [0.15, 0.2) is 17.5 Å². The fraction of sp³-hybridized carbons (Fsp3) is 0. The smallest absolute Gasteiger partial charge is 0.182 e. The SMILES string of the molecule is c1ccc(-c2cc(-c3ccccc3)c3oc4c(-c5ccccc5)ccc(-c5cccc(-c6nc(-c7ccccc7)nc(-c7ccccc7)n6)n5)c4c3c2)cc1. The van der Waals surface area contributed by atoms with Crippen LogP contribution in [0.2, 0.25) is 0 Å². The van der Waals surface area contributed by atoms with Crippen LogP contribution in [0.1, 0.15) is 0 Å². The fourth-order valence-corrected chi connectivity index (χ4v) is 7.30. The molecular weight excluding hydrogens is 673 g/mol. The molecule has 0 aliphatic carbocycles. The molecule has 258 valence electrons. The van der Waals surface area contributed by atoms with E-state index in [2.05, 4.69) is 109 Å². The van der Waals surface area contributed by atoms with Crippen LogP contribution < -0.4 is 0 Å². The van der Waals surface area contributed by atoms with E-state index in [1.165, 1.54) is 0 Å². The number of hydrogen-bond donors (Lipinski definition) is 0. The van der Waals surface area contributed by atoms with Crippen molar-refractivity contribution in [2.45, 2.75) is 0 Å². The Morgan fingerprint density at radius 1 is 0.291 bits per heavy atom. The molecule has 0 atom stereocenters. The maximum Gasteiger partial charge on any atom is 0.182 e. The Hall–Kier alpha value is -7.50. The lowest BCUT2D eigenvalue weighted by molar-refractivity contribution is 0.671. The Morgan fingerprint density at radius 3 is 1.35 bits per heavy atom. The zero-order valence-corrected chi connectivity index (χ0v) is 29.7. The van der Waals surface area contributed by atoms with E-state index in [9.17, 15) is 0 Å². The minimum absolute atomic E-state index is 0.501. The quantitative estimate of drug-likeness (QED) is 0.165. The number of hydrogen-bond acceptors (Lipinski definition) is 5. The zero-order valence-electron chi connectivity index (χ0n) is 29.7. The van der Waals surface area contributed by atoms with Crippen molar-refractivity contribution >= 4 is 21.9 Å². The summed E-state index contributed by atoms with van der Waals surface area (Å²) in [5.41, 5.74) is 12.3. The lowest BCUT2D eigenvalue weighted by Crippen LogP contribution is -2.01. The Kier molecular flexibility index (Phi) is 8.08. The van der Waals surface area contributed by atoms with Crippen LogP contribution in [0.25, 0.3) is 101 Å².